The Morgan fingerprint density at radius 1 is 1.29 bits per heavy atom. The van der Waals surface area contributed by atoms with E-state index in [-0.39, 0.29) is 18.0 Å². The first-order valence-electron chi connectivity index (χ1n) is 8.88. The normalized spacial score (nSPS) is 25.0. The highest BCUT2D eigenvalue weighted by Crippen LogP contribution is 2.30. The molecule has 21 heavy (non-hydrogen) atoms. The average Bonchev–Trinajstić information content (AvgIpc) is 3.11. The van der Waals surface area contributed by atoms with Gasteiger partial charge in [0.2, 0.25) is 5.91 Å². The van der Waals surface area contributed by atoms with Crippen molar-refractivity contribution in [3.8, 4) is 0 Å². The Hall–Kier alpha value is -0.610. The van der Waals surface area contributed by atoms with Gasteiger partial charge in [-0.2, -0.15) is 0 Å². The molecule has 1 aliphatic carbocycles. The van der Waals surface area contributed by atoms with E-state index < -0.39 is 0 Å². The van der Waals surface area contributed by atoms with E-state index in [2.05, 4.69) is 36.3 Å². The van der Waals surface area contributed by atoms with Crippen LogP contribution in [0.3, 0.4) is 0 Å². The van der Waals surface area contributed by atoms with Crippen LogP contribution in [0.1, 0.15) is 59.3 Å². The summed E-state index contributed by atoms with van der Waals surface area (Å²) >= 11 is 0. The Morgan fingerprint density at radius 3 is 2.62 bits per heavy atom. The fourth-order valence-electron chi connectivity index (χ4n) is 3.25. The van der Waals surface area contributed by atoms with Crippen LogP contribution in [0.5, 0.6) is 0 Å². The molecule has 0 aromatic rings. The van der Waals surface area contributed by atoms with Gasteiger partial charge in [-0.15, -0.1) is 0 Å². The van der Waals surface area contributed by atoms with E-state index in [4.69, 9.17) is 0 Å². The molecule has 1 aliphatic heterocycles. The van der Waals surface area contributed by atoms with Crippen molar-refractivity contribution in [1.82, 2.24) is 15.5 Å². The summed E-state index contributed by atoms with van der Waals surface area (Å²) in [6.07, 6.45) is 7.39. The summed E-state index contributed by atoms with van der Waals surface area (Å²) in [6.45, 7) is 9.60. The molecule has 2 rings (SSSR count). The average molecular weight is 295 g/mol. The summed E-state index contributed by atoms with van der Waals surface area (Å²) in [7, 11) is 0. The highest BCUT2D eigenvalue weighted by atomic mass is 16.2. The Labute approximate surface area is 130 Å². The highest BCUT2D eigenvalue weighted by molar-refractivity contribution is 5.81. The van der Waals surface area contributed by atoms with Crippen LogP contribution in [-0.2, 0) is 4.79 Å². The van der Waals surface area contributed by atoms with E-state index in [0.717, 1.165) is 38.4 Å². The summed E-state index contributed by atoms with van der Waals surface area (Å²) in [4.78, 5) is 14.9. The quantitative estimate of drug-likeness (QED) is 0.685. The van der Waals surface area contributed by atoms with E-state index in [0.29, 0.717) is 6.04 Å². The van der Waals surface area contributed by atoms with Gasteiger partial charge in [0, 0.05) is 25.2 Å². The zero-order chi connectivity index (χ0) is 15.2. The lowest BCUT2D eigenvalue weighted by Gasteiger charge is -2.31. The van der Waals surface area contributed by atoms with Gasteiger partial charge in [-0.25, -0.2) is 0 Å². The zero-order valence-electron chi connectivity index (χ0n) is 14.0. The largest absolute Gasteiger partial charge is 0.352 e. The summed E-state index contributed by atoms with van der Waals surface area (Å²) < 4.78 is 0. The summed E-state index contributed by atoms with van der Waals surface area (Å²) in [5.41, 5.74) is 0. The summed E-state index contributed by atoms with van der Waals surface area (Å²) in [5.74, 6) is 1.03. The smallest absolute Gasteiger partial charge is 0.237 e. The molecule has 0 aromatic heterocycles. The Kier molecular flexibility index (Phi) is 6.49. The number of hydrogen-bond donors (Lipinski definition) is 2. The second-order valence-electron chi connectivity index (χ2n) is 7.06. The fraction of sp³-hybridized carbons (Fsp3) is 0.941. The second-order valence-corrected chi connectivity index (χ2v) is 7.06. The maximum atomic E-state index is 12.5. The van der Waals surface area contributed by atoms with Gasteiger partial charge >= 0.3 is 0 Å². The van der Waals surface area contributed by atoms with Crippen molar-refractivity contribution >= 4 is 5.91 Å². The Morgan fingerprint density at radius 2 is 2.05 bits per heavy atom. The molecule has 1 saturated heterocycles. The molecule has 4 nitrogen and oxygen atoms in total. The van der Waals surface area contributed by atoms with Gasteiger partial charge in [-0.05, 0) is 58.4 Å². The van der Waals surface area contributed by atoms with Gasteiger partial charge in [0.1, 0.15) is 0 Å². The number of carbonyl (C=O) groups is 1. The molecular weight excluding hydrogens is 262 g/mol. The third-order valence-corrected chi connectivity index (χ3v) is 4.84. The minimum Gasteiger partial charge on any atom is -0.352 e. The van der Waals surface area contributed by atoms with Crippen molar-refractivity contribution in [2.24, 2.45) is 5.92 Å². The molecule has 4 heteroatoms. The predicted molar refractivity (Wildman–Crippen MR) is 87.3 cm³/mol. The Bertz CT molecular complexity index is 324. The number of amides is 1. The lowest BCUT2D eigenvalue weighted by Crippen LogP contribution is -2.51. The SMILES string of the molecule is CCCC(C)NC(=O)C(C)N(CC1CC1)CC1CCCN1. The minimum atomic E-state index is -0.00712. The van der Waals surface area contributed by atoms with Crippen molar-refractivity contribution in [3.05, 3.63) is 0 Å². The Balaban J connectivity index is 1.85. The minimum absolute atomic E-state index is 0.00712. The number of nitrogens with one attached hydrogen (secondary N) is 2. The van der Waals surface area contributed by atoms with Crippen LogP contribution in [0, 0.1) is 5.92 Å². The van der Waals surface area contributed by atoms with Crippen molar-refractivity contribution < 1.29 is 4.79 Å². The monoisotopic (exact) mass is 295 g/mol. The van der Waals surface area contributed by atoms with E-state index in [1.165, 1.54) is 25.7 Å². The van der Waals surface area contributed by atoms with Crippen LogP contribution < -0.4 is 10.6 Å². The highest BCUT2D eigenvalue weighted by Gasteiger charge is 2.31. The van der Waals surface area contributed by atoms with Crippen LogP contribution in [-0.4, -0.2) is 48.6 Å². The van der Waals surface area contributed by atoms with E-state index in [1.807, 2.05) is 0 Å². The second kappa shape index (κ2) is 8.14. The molecular formula is C17H33N3O. The molecule has 0 radical (unpaired) electrons. The zero-order valence-corrected chi connectivity index (χ0v) is 14.0. The molecule has 0 aromatic carbocycles. The van der Waals surface area contributed by atoms with Crippen LogP contribution >= 0.6 is 0 Å². The van der Waals surface area contributed by atoms with Crippen LogP contribution in [0.4, 0.5) is 0 Å². The molecule has 2 N–H and O–H groups in total. The van der Waals surface area contributed by atoms with Crippen molar-refractivity contribution in [2.75, 3.05) is 19.6 Å². The standard InChI is InChI=1S/C17H33N3O/c1-4-6-13(2)19-17(21)14(3)20(11-15-8-9-15)12-16-7-5-10-18-16/h13-16,18H,4-12H2,1-3H3,(H,19,21). The summed E-state index contributed by atoms with van der Waals surface area (Å²) in [6, 6.07) is 0.858. The predicted octanol–water partition coefficient (Wildman–Crippen LogP) is 2.14. The van der Waals surface area contributed by atoms with Crippen LogP contribution in [0.15, 0.2) is 0 Å². The first-order chi connectivity index (χ1) is 10.1. The van der Waals surface area contributed by atoms with Gasteiger partial charge in [0.25, 0.3) is 0 Å². The number of nitrogens with zero attached hydrogens (tertiary/aromatic N) is 1. The number of carbonyl (C=O) groups excluding carboxylic acids is 1. The first-order valence-corrected chi connectivity index (χ1v) is 8.88. The fourth-order valence-corrected chi connectivity index (χ4v) is 3.25. The van der Waals surface area contributed by atoms with Crippen molar-refractivity contribution in [3.63, 3.8) is 0 Å². The van der Waals surface area contributed by atoms with Crippen molar-refractivity contribution in [2.45, 2.75) is 77.4 Å². The molecule has 3 atom stereocenters. The van der Waals surface area contributed by atoms with Crippen LogP contribution in [0.25, 0.3) is 0 Å². The number of rotatable bonds is 9. The molecule has 122 valence electrons. The van der Waals surface area contributed by atoms with Crippen LogP contribution in [0.2, 0.25) is 0 Å². The van der Waals surface area contributed by atoms with Gasteiger partial charge in [-0.3, -0.25) is 9.69 Å². The molecule has 2 fully saturated rings. The van der Waals surface area contributed by atoms with Gasteiger partial charge in [0.05, 0.1) is 6.04 Å². The summed E-state index contributed by atoms with van der Waals surface area (Å²) in [5, 5.41) is 6.74. The van der Waals surface area contributed by atoms with Gasteiger partial charge in [0.15, 0.2) is 0 Å². The van der Waals surface area contributed by atoms with Crippen molar-refractivity contribution in [1.29, 1.82) is 0 Å². The van der Waals surface area contributed by atoms with E-state index in [1.54, 1.807) is 0 Å². The number of hydrogen-bond acceptors (Lipinski definition) is 3. The van der Waals surface area contributed by atoms with E-state index in [9.17, 15) is 4.79 Å². The van der Waals surface area contributed by atoms with E-state index >= 15 is 0 Å². The molecule has 1 saturated carbocycles. The third kappa shape index (κ3) is 5.59. The van der Waals surface area contributed by atoms with Gasteiger partial charge < -0.3 is 10.6 Å². The first kappa shape index (κ1) is 16.8. The molecule has 1 amide bonds. The topological polar surface area (TPSA) is 44.4 Å². The molecule has 0 bridgehead atoms. The molecule has 1 heterocycles. The lowest BCUT2D eigenvalue weighted by atomic mass is 10.1. The maximum absolute atomic E-state index is 12.5. The third-order valence-electron chi connectivity index (χ3n) is 4.84. The van der Waals surface area contributed by atoms with Gasteiger partial charge in [-0.1, -0.05) is 13.3 Å². The maximum Gasteiger partial charge on any atom is 0.237 e. The molecule has 3 unspecified atom stereocenters. The molecule has 2 aliphatic rings. The lowest BCUT2D eigenvalue weighted by molar-refractivity contribution is -0.126. The molecule has 0 spiro atoms.